The number of nitrogens with one attached hydrogen (secondary N) is 1. The summed E-state index contributed by atoms with van der Waals surface area (Å²) in [7, 11) is 2.11. The largest absolute Gasteiger partial charge is 0.488 e. The van der Waals surface area contributed by atoms with Gasteiger partial charge >= 0.3 is 0 Å². The van der Waals surface area contributed by atoms with Gasteiger partial charge in [-0.3, -0.25) is 4.79 Å². The highest BCUT2D eigenvalue weighted by molar-refractivity contribution is 6.13. The highest BCUT2D eigenvalue weighted by Crippen LogP contribution is 2.54. The Labute approximate surface area is 193 Å². The number of aliphatic imine (C=N–C) groups is 1. The van der Waals surface area contributed by atoms with Gasteiger partial charge in [0.1, 0.15) is 17.7 Å². The molecule has 0 aromatic heterocycles. The smallest absolute Gasteiger partial charge is 0.235 e. The quantitative estimate of drug-likeness (QED) is 0.670. The van der Waals surface area contributed by atoms with Gasteiger partial charge in [-0.2, -0.15) is 0 Å². The van der Waals surface area contributed by atoms with Gasteiger partial charge in [-0.1, -0.05) is 18.6 Å². The molecular weight excluding hydrogens is 419 g/mol. The fraction of sp³-hybridized carbons (Fsp3) is 0.385. The van der Waals surface area contributed by atoms with Crippen molar-refractivity contribution in [2.45, 2.75) is 43.6 Å². The molecule has 2 aromatic carbocycles. The predicted octanol–water partition coefficient (Wildman–Crippen LogP) is 4.27. The monoisotopic (exact) mass is 448 g/mol. The van der Waals surface area contributed by atoms with E-state index in [2.05, 4.69) is 22.3 Å². The molecule has 2 aromatic rings. The van der Waals surface area contributed by atoms with E-state index < -0.39 is 11.2 Å². The molecule has 1 spiro atoms. The zero-order chi connectivity index (χ0) is 23.0. The van der Waals surface area contributed by atoms with Crippen LogP contribution in [0.3, 0.4) is 0 Å². The lowest BCUT2D eigenvalue weighted by atomic mass is 9.65. The normalized spacial score (nSPS) is 20.7. The Kier molecular flexibility index (Phi) is 5.66. The van der Waals surface area contributed by atoms with E-state index in [1.165, 1.54) is 12.3 Å². The van der Waals surface area contributed by atoms with E-state index in [1.54, 1.807) is 24.3 Å². The predicted molar refractivity (Wildman–Crippen MR) is 128 cm³/mol. The van der Waals surface area contributed by atoms with Crippen LogP contribution in [0.1, 0.15) is 43.2 Å². The SMILES string of the molecule is CN1CCC(Oc2cc(C(C=CN)=Nc3ccccc3F)cc3c2NC(=O)C32CCC2)CC1. The average Bonchev–Trinajstić information content (AvgIpc) is 3.09. The average molecular weight is 449 g/mol. The molecule has 1 saturated heterocycles. The van der Waals surface area contributed by atoms with Gasteiger partial charge < -0.3 is 20.7 Å². The summed E-state index contributed by atoms with van der Waals surface area (Å²) in [5, 5.41) is 3.10. The highest BCUT2D eigenvalue weighted by Gasteiger charge is 2.52. The molecule has 172 valence electrons. The second kappa shape index (κ2) is 8.63. The highest BCUT2D eigenvalue weighted by atomic mass is 19.1. The number of halogens is 1. The molecule has 7 heteroatoms. The number of carbonyl (C=O) groups excluding carboxylic acids is 1. The van der Waals surface area contributed by atoms with Crippen molar-refractivity contribution < 1.29 is 13.9 Å². The number of carbonyl (C=O) groups is 1. The summed E-state index contributed by atoms with van der Waals surface area (Å²) in [6.07, 6.45) is 7.62. The van der Waals surface area contributed by atoms with Gasteiger partial charge in [0.25, 0.3) is 0 Å². The Bertz CT molecular complexity index is 1130. The van der Waals surface area contributed by atoms with Crippen molar-refractivity contribution in [1.82, 2.24) is 4.90 Å². The molecule has 33 heavy (non-hydrogen) atoms. The van der Waals surface area contributed by atoms with Crippen LogP contribution in [0, 0.1) is 5.82 Å². The first kappa shape index (κ1) is 21.6. The van der Waals surface area contributed by atoms with Crippen LogP contribution in [0.2, 0.25) is 0 Å². The second-order valence-electron chi connectivity index (χ2n) is 9.21. The van der Waals surface area contributed by atoms with E-state index >= 15 is 0 Å². The maximum absolute atomic E-state index is 14.3. The number of hydrogen-bond acceptors (Lipinski definition) is 5. The molecule has 1 saturated carbocycles. The Hall–Kier alpha value is -3.19. The number of likely N-dealkylation sites (tertiary alicyclic amines) is 1. The van der Waals surface area contributed by atoms with Crippen molar-refractivity contribution in [2.75, 3.05) is 25.5 Å². The summed E-state index contributed by atoms with van der Waals surface area (Å²) >= 11 is 0. The van der Waals surface area contributed by atoms with Gasteiger partial charge in [-0.05, 0) is 74.8 Å². The molecule has 5 rings (SSSR count). The molecule has 1 aliphatic carbocycles. The maximum Gasteiger partial charge on any atom is 0.235 e. The van der Waals surface area contributed by atoms with Crippen LogP contribution < -0.4 is 15.8 Å². The molecule has 3 aliphatic rings. The molecule has 6 nitrogen and oxygen atoms in total. The fourth-order valence-corrected chi connectivity index (χ4v) is 4.99. The number of benzene rings is 2. The van der Waals surface area contributed by atoms with E-state index in [-0.39, 0.29) is 17.7 Å². The third-order valence-electron chi connectivity index (χ3n) is 7.10. The third-order valence-corrected chi connectivity index (χ3v) is 7.10. The molecule has 0 atom stereocenters. The van der Waals surface area contributed by atoms with Crippen molar-refractivity contribution in [3.05, 3.63) is 65.6 Å². The molecular formula is C26H29FN4O2. The Morgan fingerprint density at radius 2 is 2.03 bits per heavy atom. The Morgan fingerprint density at radius 1 is 1.27 bits per heavy atom. The molecule has 0 unspecified atom stereocenters. The van der Waals surface area contributed by atoms with Gasteiger partial charge in [0.15, 0.2) is 0 Å². The van der Waals surface area contributed by atoms with Gasteiger partial charge in [0.05, 0.1) is 22.5 Å². The number of piperidine rings is 1. The summed E-state index contributed by atoms with van der Waals surface area (Å²) < 4.78 is 20.8. The number of hydrogen-bond donors (Lipinski definition) is 2. The van der Waals surface area contributed by atoms with Crippen LogP contribution in [0.5, 0.6) is 5.75 Å². The minimum Gasteiger partial charge on any atom is -0.488 e. The lowest BCUT2D eigenvalue weighted by molar-refractivity contribution is -0.123. The van der Waals surface area contributed by atoms with Crippen LogP contribution in [0.4, 0.5) is 15.8 Å². The van der Waals surface area contributed by atoms with Crippen LogP contribution in [-0.2, 0) is 10.2 Å². The maximum atomic E-state index is 14.3. The summed E-state index contributed by atoms with van der Waals surface area (Å²) in [6, 6.07) is 10.3. The first-order valence-electron chi connectivity index (χ1n) is 11.6. The van der Waals surface area contributed by atoms with Gasteiger partial charge in [-0.15, -0.1) is 0 Å². The van der Waals surface area contributed by atoms with Crippen LogP contribution >= 0.6 is 0 Å². The van der Waals surface area contributed by atoms with E-state index in [1.807, 2.05) is 12.1 Å². The minimum atomic E-state index is -0.508. The number of rotatable bonds is 5. The van der Waals surface area contributed by atoms with Crippen LogP contribution in [-0.4, -0.2) is 42.8 Å². The lowest BCUT2D eigenvalue weighted by Gasteiger charge is -2.36. The first-order valence-corrected chi connectivity index (χ1v) is 11.6. The molecule has 0 radical (unpaired) electrons. The Balaban J connectivity index is 1.60. The van der Waals surface area contributed by atoms with E-state index in [4.69, 9.17) is 10.5 Å². The van der Waals surface area contributed by atoms with Crippen molar-refractivity contribution in [2.24, 2.45) is 10.7 Å². The second-order valence-corrected chi connectivity index (χ2v) is 9.21. The summed E-state index contributed by atoms with van der Waals surface area (Å²) in [6.45, 7) is 1.94. The number of nitrogens with two attached hydrogens (primary N) is 1. The summed E-state index contributed by atoms with van der Waals surface area (Å²) in [5.41, 5.74) is 8.44. The number of para-hydroxylation sites is 1. The van der Waals surface area contributed by atoms with Gasteiger partial charge in [-0.25, -0.2) is 9.38 Å². The van der Waals surface area contributed by atoms with E-state index in [0.717, 1.165) is 62.0 Å². The van der Waals surface area contributed by atoms with E-state index in [9.17, 15) is 9.18 Å². The molecule has 2 heterocycles. The molecule has 2 aliphatic heterocycles. The third kappa shape index (κ3) is 3.91. The zero-order valence-corrected chi connectivity index (χ0v) is 18.8. The summed E-state index contributed by atoms with van der Waals surface area (Å²) in [4.78, 5) is 19.8. The molecule has 3 N–H and O–H groups in total. The van der Waals surface area contributed by atoms with Crippen molar-refractivity contribution >= 4 is 23.0 Å². The Morgan fingerprint density at radius 3 is 2.70 bits per heavy atom. The fourth-order valence-electron chi connectivity index (χ4n) is 4.99. The standard InChI is InChI=1S/C26H29FN4O2/c1-31-13-8-18(9-14-31)33-23-16-17(15-19-24(23)30-25(32)26(19)10-4-11-26)21(7-12-28)29-22-6-3-2-5-20(22)27/h2-3,5-7,12,15-16,18H,4,8-11,13-14,28H2,1H3,(H,30,32). The van der Waals surface area contributed by atoms with Gasteiger partial charge in [0, 0.05) is 18.7 Å². The van der Waals surface area contributed by atoms with Crippen molar-refractivity contribution in [3.8, 4) is 5.75 Å². The van der Waals surface area contributed by atoms with Crippen molar-refractivity contribution in [3.63, 3.8) is 0 Å². The summed E-state index contributed by atoms with van der Waals surface area (Å²) in [5.74, 6) is 0.286. The number of ether oxygens (including phenoxy) is 1. The van der Waals surface area contributed by atoms with Gasteiger partial charge in [0.2, 0.25) is 5.91 Å². The van der Waals surface area contributed by atoms with Crippen molar-refractivity contribution in [1.29, 1.82) is 0 Å². The van der Waals surface area contributed by atoms with Crippen LogP contribution in [0.15, 0.2) is 53.7 Å². The number of fused-ring (bicyclic) bond motifs is 2. The number of anilines is 1. The number of nitrogens with zero attached hydrogens (tertiary/aromatic N) is 2. The van der Waals surface area contributed by atoms with E-state index in [0.29, 0.717) is 11.5 Å². The zero-order valence-electron chi connectivity index (χ0n) is 18.8. The number of allylic oxidation sites excluding steroid dienone is 1. The lowest BCUT2D eigenvalue weighted by Crippen LogP contribution is -2.40. The molecule has 2 fully saturated rings. The minimum absolute atomic E-state index is 0.0380. The van der Waals surface area contributed by atoms with Crippen LogP contribution in [0.25, 0.3) is 0 Å². The topological polar surface area (TPSA) is 80.0 Å². The molecule has 0 bridgehead atoms. The molecule has 1 amide bonds. The first-order chi connectivity index (χ1) is 16.0. The number of amides is 1.